The number of methoxy groups -OCH3 is 1. The lowest BCUT2D eigenvalue weighted by Crippen LogP contribution is -2.07. The fourth-order valence-corrected chi connectivity index (χ4v) is 3.01. The highest BCUT2D eigenvalue weighted by molar-refractivity contribution is 7.99. The summed E-state index contributed by atoms with van der Waals surface area (Å²) in [5.74, 6) is -0.529. The maximum Gasteiger partial charge on any atom is 0.341 e. The first kappa shape index (κ1) is 14.8. The highest BCUT2D eigenvalue weighted by Crippen LogP contribution is 2.37. The first-order chi connectivity index (χ1) is 9.52. The van der Waals surface area contributed by atoms with Crippen molar-refractivity contribution in [1.29, 1.82) is 0 Å². The van der Waals surface area contributed by atoms with Gasteiger partial charge in [-0.05, 0) is 31.2 Å². The van der Waals surface area contributed by atoms with Crippen molar-refractivity contribution in [3.05, 3.63) is 52.5 Å². The third kappa shape index (κ3) is 3.08. The number of anilines is 1. The fourth-order valence-electron chi connectivity index (χ4n) is 1.78. The second-order valence-electron chi connectivity index (χ2n) is 4.24. The minimum absolute atomic E-state index is 0.215. The number of carbonyl (C=O) groups is 1. The lowest BCUT2D eigenvalue weighted by Gasteiger charge is -2.11. The lowest BCUT2D eigenvalue weighted by molar-refractivity contribution is 0.0602. The van der Waals surface area contributed by atoms with Crippen LogP contribution >= 0.6 is 23.4 Å². The Kier molecular flexibility index (Phi) is 4.57. The van der Waals surface area contributed by atoms with Gasteiger partial charge in [0, 0.05) is 9.79 Å². The molecule has 2 rings (SSSR count). The van der Waals surface area contributed by atoms with Crippen molar-refractivity contribution < 1.29 is 9.53 Å². The summed E-state index contributed by atoms with van der Waals surface area (Å²) in [5, 5.41) is 0.294. The molecule has 5 heteroatoms. The van der Waals surface area contributed by atoms with Crippen molar-refractivity contribution in [2.75, 3.05) is 12.8 Å². The van der Waals surface area contributed by atoms with E-state index < -0.39 is 5.97 Å². The zero-order chi connectivity index (χ0) is 14.7. The van der Waals surface area contributed by atoms with Gasteiger partial charge in [0.2, 0.25) is 0 Å². The van der Waals surface area contributed by atoms with Crippen LogP contribution < -0.4 is 5.73 Å². The van der Waals surface area contributed by atoms with Gasteiger partial charge in [0.1, 0.15) is 5.56 Å². The molecule has 0 fully saturated rings. The van der Waals surface area contributed by atoms with Crippen LogP contribution in [0.25, 0.3) is 0 Å². The molecule has 104 valence electrons. The van der Waals surface area contributed by atoms with E-state index in [4.69, 9.17) is 22.1 Å². The number of rotatable bonds is 3. The number of hydrogen-bond acceptors (Lipinski definition) is 4. The van der Waals surface area contributed by atoms with Gasteiger partial charge in [-0.2, -0.15) is 0 Å². The topological polar surface area (TPSA) is 52.3 Å². The monoisotopic (exact) mass is 307 g/mol. The van der Waals surface area contributed by atoms with E-state index in [1.165, 1.54) is 18.9 Å². The molecule has 2 aromatic rings. The zero-order valence-corrected chi connectivity index (χ0v) is 12.7. The summed E-state index contributed by atoms with van der Waals surface area (Å²) < 4.78 is 4.71. The molecule has 0 radical (unpaired) electrons. The molecule has 0 bridgehead atoms. The van der Waals surface area contributed by atoms with Crippen molar-refractivity contribution in [3.8, 4) is 0 Å². The average Bonchev–Trinajstić information content (AvgIpc) is 2.42. The Morgan fingerprint density at radius 2 is 2.05 bits per heavy atom. The lowest BCUT2D eigenvalue weighted by atomic mass is 10.2. The molecule has 0 aliphatic heterocycles. The molecular formula is C15H14ClNO2S. The van der Waals surface area contributed by atoms with Crippen LogP contribution in [0.4, 0.5) is 5.69 Å². The molecule has 0 saturated heterocycles. The molecule has 0 amide bonds. The Bertz CT molecular complexity index is 658. The number of hydrogen-bond donors (Lipinski definition) is 1. The SMILES string of the molecule is COC(=O)c1c(Cl)ccc(Sc2cccc(C)c2)c1N. The van der Waals surface area contributed by atoms with E-state index in [0.717, 1.165) is 15.4 Å². The largest absolute Gasteiger partial charge is 0.465 e. The minimum atomic E-state index is -0.529. The van der Waals surface area contributed by atoms with Crippen LogP contribution in [0.1, 0.15) is 15.9 Å². The van der Waals surface area contributed by atoms with Gasteiger partial charge in [0.05, 0.1) is 17.8 Å². The quantitative estimate of drug-likeness (QED) is 0.683. The van der Waals surface area contributed by atoms with E-state index in [9.17, 15) is 4.79 Å². The number of nitrogens with two attached hydrogens (primary N) is 1. The molecule has 0 unspecified atom stereocenters. The maximum atomic E-state index is 11.7. The van der Waals surface area contributed by atoms with Gasteiger partial charge < -0.3 is 10.5 Å². The summed E-state index contributed by atoms with van der Waals surface area (Å²) in [5.41, 5.74) is 7.76. The maximum absolute atomic E-state index is 11.7. The van der Waals surface area contributed by atoms with Gasteiger partial charge in [-0.15, -0.1) is 0 Å². The van der Waals surface area contributed by atoms with Crippen LogP contribution in [-0.2, 0) is 4.74 Å². The predicted molar refractivity (Wildman–Crippen MR) is 82.5 cm³/mol. The third-order valence-corrected chi connectivity index (χ3v) is 4.14. The van der Waals surface area contributed by atoms with Gasteiger partial charge in [-0.1, -0.05) is 41.1 Å². The smallest absolute Gasteiger partial charge is 0.341 e. The van der Waals surface area contributed by atoms with Crippen LogP contribution in [0.2, 0.25) is 5.02 Å². The first-order valence-electron chi connectivity index (χ1n) is 5.93. The molecule has 0 heterocycles. The Labute approximate surface area is 127 Å². The van der Waals surface area contributed by atoms with E-state index in [0.29, 0.717) is 10.7 Å². The highest BCUT2D eigenvalue weighted by Gasteiger charge is 2.18. The number of aryl methyl sites for hydroxylation is 1. The van der Waals surface area contributed by atoms with Crippen LogP contribution in [0.15, 0.2) is 46.2 Å². The van der Waals surface area contributed by atoms with E-state index in [1.807, 2.05) is 25.1 Å². The average molecular weight is 308 g/mol. The summed E-state index contributed by atoms with van der Waals surface area (Å²) in [4.78, 5) is 13.5. The fraction of sp³-hybridized carbons (Fsp3) is 0.133. The van der Waals surface area contributed by atoms with Gasteiger partial charge in [0.25, 0.3) is 0 Å². The molecule has 0 saturated carbocycles. The Morgan fingerprint density at radius 3 is 2.70 bits per heavy atom. The van der Waals surface area contributed by atoms with Crippen molar-refractivity contribution in [1.82, 2.24) is 0 Å². The van der Waals surface area contributed by atoms with Crippen molar-refractivity contribution >= 4 is 35.0 Å². The highest BCUT2D eigenvalue weighted by atomic mass is 35.5. The number of nitrogen functional groups attached to an aromatic ring is 1. The molecule has 20 heavy (non-hydrogen) atoms. The zero-order valence-electron chi connectivity index (χ0n) is 11.1. The van der Waals surface area contributed by atoms with Gasteiger partial charge in [-0.3, -0.25) is 0 Å². The molecule has 0 aliphatic carbocycles. The van der Waals surface area contributed by atoms with Crippen molar-refractivity contribution in [2.24, 2.45) is 0 Å². The van der Waals surface area contributed by atoms with Crippen LogP contribution in [-0.4, -0.2) is 13.1 Å². The van der Waals surface area contributed by atoms with E-state index in [2.05, 4.69) is 6.07 Å². The Balaban J connectivity index is 2.41. The second kappa shape index (κ2) is 6.20. The van der Waals surface area contributed by atoms with Crippen molar-refractivity contribution in [2.45, 2.75) is 16.7 Å². The van der Waals surface area contributed by atoms with Crippen LogP contribution in [0, 0.1) is 6.92 Å². The molecule has 0 spiro atoms. The first-order valence-corrected chi connectivity index (χ1v) is 7.13. The standard InChI is InChI=1S/C15H14ClNO2S/c1-9-4-3-5-10(8-9)20-12-7-6-11(16)13(14(12)17)15(18)19-2/h3-8H,17H2,1-2H3. The summed E-state index contributed by atoms with van der Waals surface area (Å²) in [7, 11) is 1.30. The Morgan fingerprint density at radius 1 is 1.30 bits per heavy atom. The number of ether oxygens (including phenoxy) is 1. The molecule has 3 nitrogen and oxygen atoms in total. The van der Waals surface area contributed by atoms with E-state index in [1.54, 1.807) is 12.1 Å². The van der Waals surface area contributed by atoms with E-state index >= 15 is 0 Å². The number of benzene rings is 2. The molecule has 0 aliphatic rings. The van der Waals surface area contributed by atoms with Crippen LogP contribution in [0.5, 0.6) is 0 Å². The van der Waals surface area contributed by atoms with Gasteiger partial charge in [-0.25, -0.2) is 4.79 Å². The van der Waals surface area contributed by atoms with E-state index in [-0.39, 0.29) is 5.56 Å². The molecule has 2 N–H and O–H groups in total. The molecule has 0 atom stereocenters. The predicted octanol–water partition coefficient (Wildman–Crippen LogP) is 4.17. The second-order valence-corrected chi connectivity index (χ2v) is 5.77. The number of carbonyl (C=O) groups excluding carboxylic acids is 1. The normalized spacial score (nSPS) is 10.3. The Hall–Kier alpha value is -1.65. The summed E-state index contributed by atoms with van der Waals surface area (Å²) in [6, 6.07) is 11.5. The minimum Gasteiger partial charge on any atom is -0.465 e. The van der Waals surface area contributed by atoms with Crippen LogP contribution in [0.3, 0.4) is 0 Å². The number of esters is 1. The summed E-state index contributed by atoms with van der Waals surface area (Å²) >= 11 is 7.50. The van der Waals surface area contributed by atoms with Crippen molar-refractivity contribution in [3.63, 3.8) is 0 Å². The molecule has 0 aromatic heterocycles. The summed E-state index contributed by atoms with van der Waals surface area (Å²) in [6.07, 6.45) is 0. The molecule has 2 aromatic carbocycles. The third-order valence-electron chi connectivity index (χ3n) is 2.76. The molecular weight excluding hydrogens is 294 g/mol. The number of halogens is 1. The van der Waals surface area contributed by atoms with Gasteiger partial charge in [0.15, 0.2) is 0 Å². The van der Waals surface area contributed by atoms with Gasteiger partial charge >= 0.3 is 5.97 Å². The summed E-state index contributed by atoms with van der Waals surface area (Å²) in [6.45, 7) is 2.02.